The van der Waals surface area contributed by atoms with Crippen molar-refractivity contribution in [3.63, 3.8) is 0 Å². The molecule has 1 amide bonds. The number of nitrogens with zero attached hydrogens (tertiary/aromatic N) is 2. The predicted molar refractivity (Wildman–Crippen MR) is 116 cm³/mol. The van der Waals surface area contributed by atoms with E-state index in [1.54, 1.807) is 12.3 Å². The van der Waals surface area contributed by atoms with Crippen molar-refractivity contribution >= 4 is 28.1 Å². The minimum absolute atomic E-state index is 0.178. The van der Waals surface area contributed by atoms with Crippen molar-refractivity contribution in [1.29, 1.82) is 5.26 Å². The van der Waals surface area contributed by atoms with Crippen molar-refractivity contribution in [1.82, 2.24) is 5.43 Å². The van der Waals surface area contributed by atoms with E-state index in [9.17, 15) is 4.79 Å². The second-order valence-electron chi connectivity index (χ2n) is 6.20. The highest BCUT2D eigenvalue weighted by Gasteiger charge is 2.06. The Morgan fingerprint density at radius 3 is 2.62 bits per heavy atom. The van der Waals surface area contributed by atoms with E-state index in [1.807, 2.05) is 66.7 Å². The lowest BCUT2D eigenvalue weighted by Crippen LogP contribution is -2.19. The number of rotatable bonds is 7. The third kappa shape index (κ3) is 6.03. The molecule has 5 nitrogen and oxygen atoms in total. The normalized spacial score (nSPS) is 10.5. The molecule has 0 aliphatic rings. The van der Waals surface area contributed by atoms with Crippen LogP contribution in [0.15, 0.2) is 82.4 Å². The number of ether oxygens (including phenoxy) is 1. The smallest absolute Gasteiger partial charge is 0.244 e. The molecule has 0 atom stereocenters. The average molecular weight is 448 g/mol. The molecule has 0 saturated heterocycles. The van der Waals surface area contributed by atoms with Gasteiger partial charge in [0.05, 0.1) is 28.7 Å². The highest BCUT2D eigenvalue weighted by Crippen LogP contribution is 2.26. The molecule has 0 radical (unpaired) electrons. The van der Waals surface area contributed by atoms with Gasteiger partial charge in [-0.05, 0) is 51.3 Å². The molecule has 3 rings (SSSR count). The zero-order valence-electron chi connectivity index (χ0n) is 15.5. The molecule has 144 valence electrons. The first-order chi connectivity index (χ1) is 14.2. The third-order valence-electron chi connectivity index (χ3n) is 4.09. The van der Waals surface area contributed by atoms with Crippen molar-refractivity contribution in [2.45, 2.75) is 13.0 Å². The van der Waals surface area contributed by atoms with Crippen LogP contribution in [0, 0.1) is 11.3 Å². The lowest BCUT2D eigenvalue weighted by molar-refractivity contribution is -0.120. The van der Waals surface area contributed by atoms with Gasteiger partial charge in [-0.3, -0.25) is 4.79 Å². The van der Waals surface area contributed by atoms with E-state index in [2.05, 4.69) is 32.5 Å². The molecule has 0 aromatic heterocycles. The largest absolute Gasteiger partial charge is 0.488 e. The van der Waals surface area contributed by atoms with E-state index in [0.717, 1.165) is 21.2 Å². The molecule has 0 heterocycles. The molecule has 0 aliphatic heterocycles. The number of carbonyl (C=O) groups excluding carboxylic acids is 1. The zero-order chi connectivity index (χ0) is 20.5. The fraction of sp³-hybridized carbons (Fsp3) is 0.0870. The van der Waals surface area contributed by atoms with Gasteiger partial charge in [-0.15, -0.1) is 0 Å². The Morgan fingerprint density at radius 1 is 1.10 bits per heavy atom. The zero-order valence-corrected chi connectivity index (χ0v) is 17.1. The molecule has 0 aliphatic carbocycles. The summed E-state index contributed by atoms with van der Waals surface area (Å²) in [6, 6.07) is 24.5. The summed E-state index contributed by atoms with van der Waals surface area (Å²) in [5.41, 5.74) is 5.69. The highest BCUT2D eigenvalue weighted by molar-refractivity contribution is 9.10. The minimum Gasteiger partial charge on any atom is -0.488 e. The van der Waals surface area contributed by atoms with Gasteiger partial charge in [0, 0.05) is 5.56 Å². The van der Waals surface area contributed by atoms with E-state index >= 15 is 0 Å². The molecule has 0 spiro atoms. The first-order valence-corrected chi connectivity index (χ1v) is 9.71. The molecule has 1 N–H and O–H groups in total. The summed E-state index contributed by atoms with van der Waals surface area (Å²) in [7, 11) is 0. The number of benzene rings is 3. The van der Waals surface area contributed by atoms with E-state index in [-0.39, 0.29) is 12.3 Å². The van der Waals surface area contributed by atoms with E-state index in [4.69, 9.17) is 10.00 Å². The third-order valence-corrected chi connectivity index (χ3v) is 4.71. The maximum atomic E-state index is 11.9. The van der Waals surface area contributed by atoms with E-state index in [0.29, 0.717) is 17.9 Å². The van der Waals surface area contributed by atoms with E-state index < -0.39 is 0 Å². The van der Waals surface area contributed by atoms with Crippen molar-refractivity contribution in [3.8, 4) is 11.8 Å². The van der Waals surface area contributed by atoms with Gasteiger partial charge in [-0.25, -0.2) is 5.43 Å². The van der Waals surface area contributed by atoms with E-state index in [1.165, 1.54) is 0 Å². The van der Waals surface area contributed by atoms with Crippen LogP contribution in [0.5, 0.6) is 5.75 Å². The van der Waals surface area contributed by atoms with Gasteiger partial charge in [-0.1, -0.05) is 48.5 Å². The number of nitriles is 1. The topological polar surface area (TPSA) is 74.5 Å². The maximum absolute atomic E-state index is 11.9. The predicted octanol–water partition coefficient (Wildman–Crippen LogP) is 4.59. The quantitative estimate of drug-likeness (QED) is 0.424. The number of halogens is 1. The molecular formula is C23H18BrN3O2. The van der Waals surface area contributed by atoms with Gasteiger partial charge in [0.25, 0.3) is 0 Å². The fourth-order valence-electron chi connectivity index (χ4n) is 2.62. The Kier molecular flexibility index (Phi) is 7.15. The Morgan fingerprint density at radius 2 is 1.86 bits per heavy atom. The van der Waals surface area contributed by atoms with Crippen LogP contribution in [0.1, 0.15) is 22.3 Å². The van der Waals surface area contributed by atoms with Gasteiger partial charge in [0.1, 0.15) is 12.4 Å². The van der Waals surface area contributed by atoms with Gasteiger partial charge in [0.2, 0.25) is 5.91 Å². The maximum Gasteiger partial charge on any atom is 0.244 e. The summed E-state index contributed by atoms with van der Waals surface area (Å²) < 4.78 is 6.57. The number of nitrogens with one attached hydrogen (secondary N) is 1. The number of hydrogen-bond acceptors (Lipinski definition) is 4. The number of hydrogen-bond donors (Lipinski definition) is 1. The molecule has 6 heteroatoms. The molecule has 29 heavy (non-hydrogen) atoms. The summed E-state index contributed by atoms with van der Waals surface area (Å²) in [6.45, 7) is 0.297. The van der Waals surface area contributed by atoms with Gasteiger partial charge in [-0.2, -0.15) is 10.4 Å². The number of carbonyl (C=O) groups is 1. The Hall–Kier alpha value is -3.43. The highest BCUT2D eigenvalue weighted by atomic mass is 79.9. The SMILES string of the molecule is N#Cc1ccccc1COc1ccc(/C=N\NC(=O)Cc2ccccc2)cc1Br. The van der Waals surface area contributed by atoms with Crippen molar-refractivity contribution < 1.29 is 9.53 Å². The first-order valence-electron chi connectivity index (χ1n) is 8.92. The van der Waals surface area contributed by atoms with Crippen LogP contribution >= 0.6 is 15.9 Å². The number of hydrazone groups is 1. The molecule has 3 aromatic carbocycles. The van der Waals surface area contributed by atoms with Gasteiger partial charge < -0.3 is 4.74 Å². The van der Waals surface area contributed by atoms with Crippen molar-refractivity contribution in [2.75, 3.05) is 0 Å². The Bertz CT molecular complexity index is 1060. The second kappa shape index (κ2) is 10.2. The second-order valence-corrected chi connectivity index (χ2v) is 7.06. The molecular weight excluding hydrogens is 430 g/mol. The molecule has 0 bridgehead atoms. The van der Waals surface area contributed by atoms with Crippen molar-refractivity contribution in [2.24, 2.45) is 5.10 Å². The van der Waals surface area contributed by atoms with Crippen LogP contribution in [0.4, 0.5) is 0 Å². The van der Waals surface area contributed by atoms with Crippen LogP contribution < -0.4 is 10.2 Å². The molecule has 0 saturated carbocycles. The minimum atomic E-state index is -0.178. The van der Waals surface area contributed by atoms with Crippen molar-refractivity contribution in [3.05, 3.63) is 99.5 Å². The lowest BCUT2D eigenvalue weighted by Gasteiger charge is -2.10. The summed E-state index contributed by atoms with van der Waals surface area (Å²) in [6.07, 6.45) is 1.85. The van der Waals surface area contributed by atoms with Crippen LogP contribution in [-0.4, -0.2) is 12.1 Å². The van der Waals surface area contributed by atoms with Gasteiger partial charge in [0.15, 0.2) is 0 Å². The Labute approximate surface area is 177 Å². The summed E-state index contributed by atoms with van der Waals surface area (Å²) in [4.78, 5) is 11.9. The standard InChI is InChI=1S/C23H18BrN3O2/c24-21-12-18(15-26-27-23(28)13-17-6-2-1-3-7-17)10-11-22(21)29-16-20-9-5-4-8-19(20)14-25/h1-12,15H,13,16H2,(H,27,28)/b26-15-. The first kappa shape index (κ1) is 20.3. The Balaban J connectivity index is 1.55. The summed E-state index contributed by atoms with van der Waals surface area (Å²) in [5.74, 6) is 0.477. The van der Waals surface area contributed by atoms with Crippen LogP contribution in [0.25, 0.3) is 0 Å². The molecule has 0 fully saturated rings. The van der Waals surface area contributed by atoms with Crippen LogP contribution in [-0.2, 0) is 17.8 Å². The lowest BCUT2D eigenvalue weighted by atomic mass is 10.1. The molecule has 0 unspecified atom stereocenters. The summed E-state index contributed by atoms with van der Waals surface area (Å²) in [5, 5.41) is 13.2. The average Bonchev–Trinajstić information content (AvgIpc) is 2.74. The van der Waals surface area contributed by atoms with Gasteiger partial charge >= 0.3 is 0 Å². The molecule has 3 aromatic rings. The summed E-state index contributed by atoms with van der Waals surface area (Å²) >= 11 is 3.48. The fourth-order valence-corrected chi connectivity index (χ4v) is 3.14. The number of amides is 1. The monoisotopic (exact) mass is 447 g/mol. The van der Waals surface area contributed by atoms with Crippen LogP contribution in [0.3, 0.4) is 0 Å². The van der Waals surface area contributed by atoms with Crippen LogP contribution in [0.2, 0.25) is 0 Å².